The molecule has 10 nitrogen and oxygen atoms in total. The molecular formula is C27H23N5O5. The van der Waals surface area contributed by atoms with Gasteiger partial charge < -0.3 is 19.5 Å². The molecule has 0 fully saturated rings. The highest BCUT2D eigenvalue weighted by Crippen LogP contribution is 2.37. The molecule has 10 heteroatoms. The van der Waals surface area contributed by atoms with Crippen molar-refractivity contribution in [1.82, 2.24) is 10.4 Å². The molecule has 0 atom stereocenters. The van der Waals surface area contributed by atoms with Gasteiger partial charge in [-0.15, -0.1) is 0 Å². The van der Waals surface area contributed by atoms with Gasteiger partial charge in [-0.1, -0.05) is 12.1 Å². The standard InChI is InChI=1S/C27H23N5O5/c1-35-25-15-22-23(16-26(25)36-2)29-14-12-24(22)37-21-9-5-19(6-10-21)31-27(34)32(30-17-33)20-7-3-18(4-8-20)11-13-28/h3-10,12,14-17H,11H2,1-2H3,(H,30,33)(H,31,34). The Morgan fingerprint density at radius 1 is 1.00 bits per heavy atom. The third-order valence-corrected chi connectivity index (χ3v) is 5.40. The molecule has 4 rings (SSSR count). The number of urea groups is 1. The highest BCUT2D eigenvalue weighted by Gasteiger charge is 2.16. The van der Waals surface area contributed by atoms with Gasteiger partial charge >= 0.3 is 6.03 Å². The number of hydrogen-bond donors (Lipinski definition) is 2. The molecule has 1 aromatic heterocycles. The fourth-order valence-corrected chi connectivity index (χ4v) is 3.61. The van der Waals surface area contributed by atoms with Crippen molar-refractivity contribution in [2.24, 2.45) is 0 Å². The van der Waals surface area contributed by atoms with E-state index in [0.717, 1.165) is 16.0 Å². The minimum Gasteiger partial charge on any atom is -0.493 e. The fraction of sp³-hybridized carbons (Fsp3) is 0.111. The Labute approximate surface area is 213 Å². The van der Waals surface area contributed by atoms with Crippen LogP contribution < -0.4 is 30.0 Å². The third kappa shape index (κ3) is 5.68. The Bertz CT molecular complexity index is 1450. The first-order valence-electron chi connectivity index (χ1n) is 11.1. The first-order valence-corrected chi connectivity index (χ1v) is 11.1. The van der Waals surface area contributed by atoms with Gasteiger partial charge in [-0.2, -0.15) is 5.26 Å². The molecule has 0 spiro atoms. The maximum atomic E-state index is 12.8. The molecule has 1 heterocycles. The molecule has 0 saturated heterocycles. The van der Waals surface area contributed by atoms with E-state index in [4.69, 9.17) is 19.5 Å². The second-order valence-corrected chi connectivity index (χ2v) is 7.67. The second kappa shape index (κ2) is 11.4. The number of fused-ring (bicyclic) bond motifs is 1. The number of ether oxygens (including phenoxy) is 3. The number of hydrazine groups is 1. The maximum absolute atomic E-state index is 12.8. The van der Waals surface area contributed by atoms with Crippen LogP contribution in [0.5, 0.6) is 23.0 Å². The molecule has 0 aliphatic rings. The van der Waals surface area contributed by atoms with Crippen LogP contribution >= 0.6 is 0 Å². The van der Waals surface area contributed by atoms with Crippen LogP contribution in [0.4, 0.5) is 16.2 Å². The summed E-state index contributed by atoms with van der Waals surface area (Å²) in [5.41, 5.74) is 4.78. The normalized spacial score (nSPS) is 10.2. The summed E-state index contributed by atoms with van der Waals surface area (Å²) < 4.78 is 16.8. The SMILES string of the molecule is COc1cc2nccc(Oc3ccc(NC(=O)N(NC=O)c4ccc(CC#N)cc4)cc3)c2cc1OC. The van der Waals surface area contributed by atoms with Gasteiger partial charge in [0, 0.05) is 23.3 Å². The molecule has 0 radical (unpaired) electrons. The van der Waals surface area contributed by atoms with E-state index in [2.05, 4.69) is 21.8 Å². The topological polar surface area (TPSA) is 126 Å². The van der Waals surface area contributed by atoms with E-state index in [1.54, 1.807) is 87.1 Å². The quantitative estimate of drug-likeness (QED) is 0.251. The zero-order valence-corrected chi connectivity index (χ0v) is 20.1. The number of aromatic nitrogens is 1. The summed E-state index contributed by atoms with van der Waals surface area (Å²) >= 11 is 0. The van der Waals surface area contributed by atoms with Gasteiger partial charge in [-0.25, -0.2) is 9.80 Å². The number of methoxy groups -OCH3 is 2. The zero-order valence-electron chi connectivity index (χ0n) is 20.1. The summed E-state index contributed by atoms with van der Waals surface area (Å²) in [5, 5.41) is 13.4. The Kier molecular flexibility index (Phi) is 7.66. The summed E-state index contributed by atoms with van der Waals surface area (Å²) in [6, 6.07) is 20.3. The fourth-order valence-electron chi connectivity index (χ4n) is 3.61. The molecule has 0 aliphatic heterocycles. The third-order valence-electron chi connectivity index (χ3n) is 5.40. The van der Waals surface area contributed by atoms with Crippen LogP contribution in [0.15, 0.2) is 72.9 Å². The number of nitrogens with one attached hydrogen (secondary N) is 2. The van der Waals surface area contributed by atoms with E-state index >= 15 is 0 Å². The molecule has 0 unspecified atom stereocenters. The molecule has 0 bridgehead atoms. The molecular weight excluding hydrogens is 474 g/mol. The van der Waals surface area contributed by atoms with E-state index < -0.39 is 6.03 Å². The molecule has 37 heavy (non-hydrogen) atoms. The van der Waals surface area contributed by atoms with Gasteiger partial charge in [0.05, 0.1) is 37.9 Å². The summed E-state index contributed by atoms with van der Waals surface area (Å²) in [4.78, 5) is 28.3. The van der Waals surface area contributed by atoms with E-state index in [0.29, 0.717) is 46.3 Å². The lowest BCUT2D eigenvalue weighted by molar-refractivity contribution is -0.109. The van der Waals surface area contributed by atoms with Crippen molar-refractivity contribution >= 4 is 34.7 Å². The predicted octanol–water partition coefficient (Wildman–Crippen LogP) is 4.81. The molecule has 2 N–H and O–H groups in total. The van der Waals surface area contributed by atoms with Crippen LogP contribution in [0.2, 0.25) is 0 Å². The first kappa shape index (κ1) is 24.8. The average Bonchev–Trinajstić information content (AvgIpc) is 2.93. The predicted molar refractivity (Wildman–Crippen MR) is 138 cm³/mol. The van der Waals surface area contributed by atoms with E-state index in [9.17, 15) is 9.59 Å². The van der Waals surface area contributed by atoms with E-state index in [1.165, 1.54) is 0 Å². The Morgan fingerprint density at radius 3 is 2.35 bits per heavy atom. The number of carbonyl (C=O) groups excluding carboxylic acids is 2. The van der Waals surface area contributed by atoms with Gasteiger partial charge in [0.25, 0.3) is 0 Å². The largest absolute Gasteiger partial charge is 0.493 e. The smallest absolute Gasteiger partial charge is 0.345 e. The van der Waals surface area contributed by atoms with Crippen molar-refractivity contribution in [2.45, 2.75) is 6.42 Å². The number of benzene rings is 3. The van der Waals surface area contributed by atoms with Crippen molar-refractivity contribution in [2.75, 3.05) is 24.5 Å². The minimum atomic E-state index is -0.574. The number of amides is 3. The van der Waals surface area contributed by atoms with Gasteiger partial charge in [0.2, 0.25) is 6.41 Å². The monoisotopic (exact) mass is 497 g/mol. The highest BCUT2D eigenvalue weighted by atomic mass is 16.5. The Balaban J connectivity index is 1.49. The van der Waals surface area contributed by atoms with Crippen molar-refractivity contribution in [3.05, 3.63) is 78.5 Å². The summed E-state index contributed by atoms with van der Waals surface area (Å²) in [7, 11) is 3.12. The number of rotatable bonds is 9. The number of anilines is 2. The van der Waals surface area contributed by atoms with Crippen LogP contribution in [0.1, 0.15) is 5.56 Å². The number of carbonyl (C=O) groups is 2. The number of nitrogens with zero attached hydrogens (tertiary/aromatic N) is 3. The summed E-state index contributed by atoms with van der Waals surface area (Å²) in [5.74, 6) is 2.23. The molecule has 0 saturated carbocycles. The van der Waals surface area contributed by atoms with E-state index in [1.807, 2.05) is 0 Å². The highest BCUT2D eigenvalue weighted by molar-refractivity contribution is 6.02. The molecule has 3 amide bonds. The lowest BCUT2D eigenvalue weighted by Crippen LogP contribution is -2.45. The van der Waals surface area contributed by atoms with Gasteiger partial charge in [-0.05, 0) is 54.1 Å². The van der Waals surface area contributed by atoms with Gasteiger partial charge in [-0.3, -0.25) is 15.2 Å². The van der Waals surface area contributed by atoms with Crippen molar-refractivity contribution < 1.29 is 23.8 Å². The summed E-state index contributed by atoms with van der Waals surface area (Å²) in [6.45, 7) is 0. The average molecular weight is 498 g/mol. The van der Waals surface area contributed by atoms with Crippen LogP contribution in [0, 0.1) is 11.3 Å². The van der Waals surface area contributed by atoms with Gasteiger partial charge in [0.15, 0.2) is 11.5 Å². The summed E-state index contributed by atoms with van der Waals surface area (Å²) in [6.07, 6.45) is 2.29. The molecule has 0 aliphatic carbocycles. The second-order valence-electron chi connectivity index (χ2n) is 7.67. The van der Waals surface area contributed by atoms with Crippen molar-refractivity contribution in [3.63, 3.8) is 0 Å². The number of pyridine rings is 1. The van der Waals surface area contributed by atoms with Crippen molar-refractivity contribution in [1.29, 1.82) is 5.26 Å². The number of hydrogen-bond acceptors (Lipinski definition) is 7. The Hall–Kier alpha value is -5.30. The molecule has 3 aromatic carbocycles. The van der Waals surface area contributed by atoms with Crippen LogP contribution in [0.25, 0.3) is 10.9 Å². The lowest BCUT2D eigenvalue weighted by atomic mass is 10.1. The maximum Gasteiger partial charge on any atom is 0.345 e. The minimum absolute atomic E-state index is 0.249. The van der Waals surface area contributed by atoms with Crippen LogP contribution in [-0.4, -0.2) is 31.6 Å². The van der Waals surface area contributed by atoms with Crippen LogP contribution in [-0.2, 0) is 11.2 Å². The first-order chi connectivity index (χ1) is 18.1. The molecule has 4 aromatic rings. The van der Waals surface area contributed by atoms with Gasteiger partial charge in [0.1, 0.15) is 11.5 Å². The Morgan fingerprint density at radius 2 is 1.70 bits per heavy atom. The van der Waals surface area contributed by atoms with Crippen molar-refractivity contribution in [3.8, 4) is 29.1 Å². The number of nitriles is 1. The molecule has 186 valence electrons. The lowest BCUT2D eigenvalue weighted by Gasteiger charge is -2.21. The zero-order chi connectivity index (χ0) is 26.2. The van der Waals surface area contributed by atoms with Crippen LogP contribution in [0.3, 0.4) is 0 Å². The van der Waals surface area contributed by atoms with E-state index in [-0.39, 0.29) is 6.42 Å².